The van der Waals surface area contributed by atoms with Gasteiger partial charge in [-0.1, -0.05) is 79.6 Å². The van der Waals surface area contributed by atoms with Crippen LogP contribution < -0.4 is 4.74 Å². The van der Waals surface area contributed by atoms with Gasteiger partial charge in [0, 0.05) is 5.02 Å². The number of amides is 1. The maximum absolute atomic E-state index is 12.8. The van der Waals surface area contributed by atoms with Crippen molar-refractivity contribution in [1.82, 2.24) is 4.90 Å². The molecule has 1 aliphatic heterocycles. The Morgan fingerprint density at radius 2 is 1.90 bits per heavy atom. The lowest BCUT2D eigenvalue weighted by Gasteiger charge is -2.22. The Bertz CT molecular complexity index is 990. The van der Waals surface area contributed by atoms with Gasteiger partial charge in [0.2, 0.25) is 0 Å². The lowest BCUT2D eigenvalue weighted by atomic mass is 10.1. The molecule has 0 saturated carbocycles. The van der Waals surface area contributed by atoms with Crippen molar-refractivity contribution in [3.63, 3.8) is 0 Å². The van der Waals surface area contributed by atoms with Gasteiger partial charge in [-0.05, 0) is 47.9 Å². The molecule has 0 bridgehead atoms. The smallest absolute Gasteiger partial charge is 0.326 e. The molecule has 1 aliphatic rings. The number of nitrogens with zero attached hydrogens (tertiary/aromatic N) is 1. The van der Waals surface area contributed by atoms with E-state index < -0.39 is 12.0 Å². The Kier molecular flexibility index (Phi) is 8.12. The van der Waals surface area contributed by atoms with Crippen molar-refractivity contribution >= 4 is 57.9 Å². The quantitative estimate of drug-likeness (QED) is 0.367. The fourth-order valence-corrected chi connectivity index (χ4v) is 4.55. The number of aliphatic carboxylic acids is 1. The highest BCUT2D eigenvalue weighted by Gasteiger charge is 2.40. The highest BCUT2D eigenvalue weighted by Crippen LogP contribution is 2.35. The van der Waals surface area contributed by atoms with Gasteiger partial charge in [0.25, 0.3) is 5.91 Å². The molecule has 1 heterocycles. The molecule has 162 valence electrons. The Morgan fingerprint density at radius 1 is 1.23 bits per heavy atom. The molecule has 0 spiro atoms. The maximum atomic E-state index is 12.8. The van der Waals surface area contributed by atoms with Gasteiger partial charge in [-0.2, -0.15) is 0 Å². The number of ether oxygens (including phenoxy) is 1. The number of carbonyl (C=O) groups excluding carboxylic acids is 1. The molecule has 1 unspecified atom stereocenters. The molecule has 8 heteroatoms. The minimum absolute atomic E-state index is 0.280. The Morgan fingerprint density at radius 3 is 2.52 bits per heavy atom. The van der Waals surface area contributed by atoms with Gasteiger partial charge in [-0.15, -0.1) is 0 Å². The van der Waals surface area contributed by atoms with Crippen molar-refractivity contribution in [3.05, 3.63) is 69.6 Å². The zero-order valence-corrected chi connectivity index (χ0v) is 19.3. The Labute approximate surface area is 196 Å². The maximum Gasteiger partial charge on any atom is 0.326 e. The van der Waals surface area contributed by atoms with Crippen LogP contribution in [0.3, 0.4) is 0 Å². The number of unbranched alkanes of at least 4 members (excludes halogenated alkanes) is 1. The molecule has 3 rings (SSSR count). The summed E-state index contributed by atoms with van der Waals surface area (Å²) in [6.07, 6.45) is 3.66. The number of benzene rings is 2. The average Bonchev–Trinajstić information content (AvgIpc) is 3.02. The van der Waals surface area contributed by atoms with Gasteiger partial charge in [0.1, 0.15) is 22.7 Å². The first-order valence-electron chi connectivity index (χ1n) is 9.86. The lowest BCUT2D eigenvalue weighted by Crippen LogP contribution is -2.43. The van der Waals surface area contributed by atoms with Gasteiger partial charge in [0.05, 0.1) is 4.91 Å². The molecular formula is C23H22ClNO4S2. The molecule has 2 aromatic carbocycles. The van der Waals surface area contributed by atoms with Crippen molar-refractivity contribution in [2.24, 2.45) is 0 Å². The standard InChI is InChI=1S/C23H22ClNO4S2/c1-2-3-4-19(22(27)28)25-21(26)20(31-23(25)30)13-15-7-11-18(12-8-15)29-14-16-5-9-17(24)10-6-16/h5-13,19H,2-4,14H2,1H3,(H,27,28)/b20-13-. The second kappa shape index (κ2) is 10.8. The number of carbonyl (C=O) groups is 2. The van der Waals surface area contributed by atoms with E-state index in [0.29, 0.717) is 35.1 Å². The van der Waals surface area contributed by atoms with E-state index in [1.807, 2.05) is 55.5 Å². The van der Waals surface area contributed by atoms with Crippen LogP contribution in [0.2, 0.25) is 5.02 Å². The molecular weight excluding hydrogens is 454 g/mol. The highest BCUT2D eigenvalue weighted by atomic mass is 35.5. The molecule has 1 saturated heterocycles. The summed E-state index contributed by atoms with van der Waals surface area (Å²) in [7, 11) is 0. The Hall–Kier alpha value is -2.35. The predicted molar refractivity (Wildman–Crippen MR) is 128 cm³/mol. The van der Waals surface area contributed by atoms with E-state index in [1.54, 1.807) is 6.08 Å². The molecule has 31 heavy (non-hydrogen) atoms. The van der Waals surface area contributed by atoms with Crippen molar-refractivity contribution in [3.8, 4) is 5.75 Å². The first-order valence-corrected chi connectivity index (χ1v) is 11.5. The van der Waals surface area contributed by atoms with Crippen molar-refractivity contribution in [2.45, 2.75) is 38.8 Å². The summed E-state index contributed by atoms with van der Waals surface area (Å²) in [5.74, 6) is -0.695. The van der Waals surface area contributed by atoms with E-state index in [0.717, 1.165) is 29.3 Å². The lowest BCUT2D eigenvalue weighted by molar-refractivity contribution is -0.145. The van der Waals surface area contributed by atoms with Crippen molar-refractivity contribution < 1.29 is 19.4 Å². The number of hydrogen-bond acceptors (Lipinski definition) is 5. The molecule has 1 amide bonds. The molecule has 5 nitrogen and oxygen atoms in total. The predicted octanol–water partition coefficient (Wildman–Crippen LogP) is 5.76. The Balaban J connectivity index is 1.67. The number of halogens is 1. The number of hydrogen-bond donors (Lipinski definition) is 1. The van der Waals surface area contributed by atoms with Gasteiger partial charge in [-0.25, -0.2) is 4.79 Å². The topological polar surface area (TPSA) is 66.8 Å². The zero-order valence-electron chi connectivity index (χ0n) is 16.9. The zero-order chi connectivity index (χ0) is 22.4. The van der Waals surface area contributed by atoms with Crippen molar-refractivity contribution in [2.75, 3.05) is 0 Å². The first kappa shape index (κ1) is 23.3. The summed E-state index contributed by atoms with van der Waals surface area (Å²) in [6.45, 7) is 2.40. The third-order valence-corrected chi connectivity index (χ3v) is 6.33. The molecule has 1 fully saturated rings. The van der Waals surface area contributed by atoms with Gasteiger partial charge >= 0.3 is 5.97 Å². The summed E-state index contributed by atoms with van der Waals surface area (Å²) in [6, 6.07) is 13.8. The van der Waals surface area contributed by atoms with Crippen LogP contribution in [0.4, 0.5) is 0 Å². The third kappa shape index (κ3) is 6.09. The van der Waals surface area contributed by atoms with Gasteiger partial charge in [0.15, 0.2) is 0 Å². The third-order valence-electron chi connectivity index (χ3n) is 4.75. The van der Waals surface area contributed by atoms with Crippen LogP contribution in [0.5, 0.6) is 5.75 Å². The number of carboxylic acid groups (broad SMARTS) is 1. The van der Waals surface area contributed by atoms with Gasteiger partial charge in [-0.3, -0.25) is 9.69 Å². The summed E-state index contributed by atoms with van der Waals surface area (Å²) >= 11 is 12.3. The molecule has 0 aromatic heterocycles. The number of carboxylic acids is 1. The van der Waals surface area contributed by atoms with E-state index in [-0.39, 0.29) is 10.2 Å². The number of thiocarbonyl (C=S) groups is 1. The summed E-state index contributed by atoms with van der Waals surface area (Å²) in [4.78, 5) is 26.1. The molecule has 2 aromatic rings. The monoisotopic (exact) mass is 475 g/mol. The number of rotatable bonds is 9. The fourth-order valence-electron chi connectivity index (χ4n) is 3.07. The van der Waals surface area contributed by atoms with E-state index in [9.17, 15) is 14.7 Å². The largest absolute Gasteiger partial charge is 0.489 e. The van der Waals surface area contributed by atoms with E-state index in [4.69, 9.17) is 28.6 Å². The second-order valence-electron chi connectivity index (χ2n) is 7.03. The van der Waals surface area contributed by atoms with Crippen LogP contribution in [-0.2, 0) is 16.2 Å². The summed E-state index contributed by atoms with van der Waals surface area (Å²) in [5, 5.41) is 10.2. The highest BCUT2D eigenvalue weighted by molar-refractivity contribution is 8.26. The minimum Gasteiger partial charge on any atom is -0.489 e. The average molecular weight is 476 g/mol. The van der Waals surface area contributed by atoms with Crippen LogP contribution in [0.1, 0.15) is 37.3 Å². The van der Waals surface area contributed by atoms with Crippen molar-refractivity contribution in [1.29, 1.82) is 0 Å². The van der Waals surface area contributed by atoms with Crippen LogP contribution in [-0.4, -0.2) is 32.2 Å². The molecule has 0 radical (unpaired) electrons. The van der Waals surface area contributed by atoms with Crippen LogP contribution in [0.15, 0.2) is 53.4 Å². The molecule has 1 N–H and O–H groups in total. The minimum atomic E-state index is -1.03. The van der Waals surface area contributed by atoms with Crippen LogP contribution in [0, 0.1) is 0 Å². The van der Waals surface area contributed by atoms with Crippen LogP contribution >= 0.6 is 35.6 Å². The normalized spacial score (nSPS) is 16.1. The van der Waals surface area contributed by atoms with Crippen LogP contribution in [0.25, 0.3) is 6.08 Å². The second-order valence-corrected chi connectivity index (χ2v) is 9.14. The molecule has 0 aliphatic carbocycles. The van der Waals surface area contributed by atoms with Gasteiger partial charge < -0.3 is 9.84 Å². The molecule has 1 atom stereocenters. The summed E-state index contributed by atoms with van der Waals surface area (Å²) in [5.41, 5.74) is 1.81. The van der Waals surface area contributed by atoms with E-state index >= 15 is 0 Å². The number of thioether (sulfide) groups is 1. The van der Waals surface area contributed by atoms with E-state index in [2.05, 4.69) is 0 Å². The fraction of sp³-hybridized carbons (Fsp3) is 0.261. The van der Waals surface area contributed by atoms with E-state index in [1.165, 1.54) is 4.90 Å². The first-order chi connectivity index (χ1) is 14.9. The summed E-state index contributed by atoms with van der Waals surface area (Å²) < 4.78 is 6.06. The SMILES string of the molecule is CCCCC(C(=O)O)N1C(=O)/C(=C/c2ccc(OCc3ccc(Cl)cc3)cc2)SC1=S.